The molecule has 0 N–H and O–H groups in total. The van der Waals surface area contributed by atoms with Gasteiger partial charge in [-0.25, -0.2) is 12.7 Å². The molecule has 0 aliphatic carbocycles. The van der Waals surface area contributed by atoms with Crippen molar-refractivity contribution in [2.45, 2.75) is 18.9 Å². The quantitative estimate of drug-likeness (QED) is 0.147. The van der Waals surface area contributed by atoms with Crippen LogP contribution in [0, 0.1) is 0 Å². The summed E-state index contributed by atoms with van der Waals surface area (Å²) in [6.45, 7) is 0.918. The number of thiocarbonyl (C=S) groups is 1. The summed E-state index contributed by atoms with van der Waals surface area (Å²) in [5.41, 5.74) is 0.715. The number of carbonyl (C=O) groups excluding carboxylic acids is 1. The SMILES string of the molecule is O=C1/C(=C\c2ccccc2OCCOc2ccccc2)SC(=S)N1CC1CCCN1S(=O)(=O)[O-].[Na+]. The van der Waals surface area contributed by atoms with Crippen molar-refractivity contribution in [2.24, 2.45) is 0 Å². The van der Waals surface area contributed by atoms with E-state index < -0.39 is 16.3 Å². The Hall–Kier alpha value is -1.44. The fraction of sp³-hybridized carbons (Fsp3) is 0.304. The third-order valence-corrected chi connectivity index (χ3v) is 7.87. The van der Waals surface area contributed by atoms with Crippen molar-refractivity contribution >= 4 is 50.6 Å². The van der Waals surface area contributed by atoms with Gasteiger partial charge in [-0.3, -0.25) is 9.69 Å². The van der Waals surface area contributed by atoms with Crippen LogP contribution in [0.3, 0.4) is 0 Å². The van der Waals surface area contributed by atoms with Crippen LogP contribution in [0.4, 0.5) is 0 Å². The molecule has 2 heterocycles. The van der Waals surface area contributed by atoms with Crippen LogP contribution in [0.1, 0.15) is 18.4 Å². The minimum atomic E-state index is -4.57. The van der Waals surface area contributed by atoms with Gasteiger partial charge in [0.1, 0.15) is 29.0 Å². The first kappa shape index (κ1) is 28.1. The zero-order valence-corrected chi connectivity index (χ0v) is 23.6. The molecular formula is C23H23N2NaO6S3. The van der Waals surface area contributed by atoms with Crippen LogP contribution in [0.25, 0.3) is 6.08 Å². The van der Waals surface area contributed by atoms with Crippen LogP contribution in [0.15, 0.2) is 59.5 Å². The Labute approximate surface area is 236 Å². The number of nitrogens with zero attached hydrogens (tertiary/aromatic N) is 2. The number of ether oxygens (including phenoxy) is 2. The number of para-hydroxylation sites is 2. The van der Waals surface area contributed by atoms with Crippen LogP contribution in [-0.2, 0) is 15.1 Å². The van der Waals surface area contributed by atoms with Gasteiger partial charge in [-0.2, -0.15) is 0 Å². The van der Waals surface area contributed by atoms with Crippen molar-refractivity contribution in [3.8, 4) is 11.5 Å². The number of rotatable bonds is 9. The fourth-order valence-corrected chi connectivity index (χ4v) is 6.01. The summed E-state index contributed by atoms with van der Waals surface area (Å²) in [7, 11) is -4.57. The second-order valence-corrected chi connectivity index (χ2v) is 10.7. The van der Waals surface area contributed by atoms with Crippen molar-refractivity contribution in [3.05, 3.63) is 65.1 Å². The number of hydrogen-bond donors (Lipinski definition) is 0. The molecular weight excluding hydrogens is 519 g/mol. The molecule has 0 radical (unpaired) electrons. The summed E-state index contributed by atoms with van der Waals surface area (Å²) < 4.78 is 47.3. The van der Waals surface area contributed by atoms with E-state index >= 15 is 0 Å². The molecule has 0 aromatic heterocycles. The summed E-state index contributed by atoms with van der Waals surface area (Å²) in [6.07, 6.45) is 2.80. The van der Waals surface area contributed by atoms with Crippen LogP contribution in [-0.4, -0.2) is 64.7 Å². The van der Waals surface area contributed by atoms with Crippen LogP contribution >= 0.6 is 24.0 Å². The topological polar surface area (TPSA) is 99.2 Å². The first-order valence-electron chi connectivity index (χ1n) is 10.7. The van der Waals surface area contributed by atoms with E-state index in [2.05, 4.69) is 0 Å². The molecule has 4 rings (SSSR count). The Kier molecular flexibility index (Phi) is 10.2. The number of carbonyl (C=O) groups is 1. The number of benzene rings is 2. The van der Waals surface area contributed by atoms with E-state index in [1.165, 1.54) is 4.90 Å². The van der Waals surface area contributed by atoms with Gasteiger partial charge in [-0.15, -0.1) is 0 Å². The van der Waals surface area contributed by atoms with Crippen molar-refractivity contribution < 1.29 is 56.8 Å². The Balaban J connectivity index is 0.00000342. The second kappa shape index (κ2) is 12.7. The summed E-state index contributed by atoms with van der Waals surface area (Å²) in [5.74, 6) is 1.05. The normalized spacial score (nSPS) is 19.7. The molecule has 0 spiro atoms. The van der Waals surface area contributed by atoms with Gasteiger partial charge >= 0.3 is 29.6 Å². The predicted octanol–water partition coefficient (Wildman–Crippen LogP) is 0.274. The van der Waals surface area contributed by atoms with Gasteiger partial charge in [0.25, 0.3) is 5.91 Å². The average Bonchev–Trinajstić information content (AvgIpc) is 3.39. The van der Waals surface area contributed by atoms with E-state index in [-0.39, 0.29) is 48.6 Å². The first-order valence-corrected chi connectivity index (χ1v) is 13.3. The molecule has 2 aliphatic heterocycles. The Morgan fingerprint density at radius 1 is 1.09 bits per heavy atom. The zero-order valence-electron chi connectivity index (χ0n) is 19.2. The van der Waals surface area contributed by atoms with E-state index in [1.807, 2.05) is 54.6 Å². The van der Waals surface area contributed by atoms with Crippen LogP contribution in [0.5, 0.6) is 11.5 Å². The molecule has 2 saturated heterocycles. The maximum Gasteiger partial charge on any atom is 1.00 e. The number of thioether (sulfide) groups is 1. The minimum Gasteiger partial charge on any atom is -0.735 e. The summed E-state index contributed by atoms with van der Waals surface area (Å²) in [6, 6.07) is 16.2. The maximum atomic E-state index is 13.0. The predicted molar refractivity (Wildman–Crippen MR) is 133 cm³/mol. The van der Waals surface area contributed by atoms with E-state index in [0.717, 1.165) is 21.8 Å². The third-order valence-electron chi connectivity index (χ3n) is 5.44. The number of hydrogen-bond acceptors (Lipinski definition) is 8. The molecule has 0 bridgehead atoms. The molecule has 180 valence electrons. The minimum absolute atomic E-state index is 0. The smallest absolute Gasteiger partial charge is 0.735 e. The maximum absolute atomic E-state index is 13.0. The molecule has 35 heavy (non-hydrogen) atoms. The monoisotopic (exact) mass is 542 g/mol. The first-order chi connectivity index (χ1) is 16.3. The molecule has 2 aromatic rings. The van der Waals surface area contributed by atoms with Crippen LogP contribution < -0.4 is 39.0 Å². The molecule has 1 amide bonds. The van der Waals surface area contributed by atoms with Gasteiger partial charge in [-0.1, -0.05) is 60.4 Å². The molecule has 0 saturated carbocycles. The number of amides is 1. The summed E-state index contributed by atoms with van der Waals surface area (Å²) in [4.78, 5) is 14.8. The zero-order chi connectivity index (χ0) is 24.1. The fourth-order valence-electron chi connectivity index (χ4n) is 3.85. The van der Waals surface area contributed by atoms with Gasteiger partial charge < -0.3 is 14.0 Å². The summed E-state index contributed by atoms with van der Waals surface area (Å²) in [5, 5.41) is 0. The van der Waals surface area contributed by atoms with Gasteiger partial charge in [0.2, 0.25) is 0 Å². The largest absolute Gasteiger partial charge is 1.00 e. The standard InChI is InChI=1S/C23H24N2O6S3.Na/c26-22-21(33-23(32)24(22)16-18-8-6-12-25(18)34(27,28)29)15-17-7-4-5-11-20(17)31-14-13-30-19-9-2-1-3-10-19;/h1-5,7,9-11,15,18H,6,8,12-14,16H2,(H,27,28,29);/q;+1/p-1/b21-15+;. The van der Waals surface area contributed by atoms with E-state index in [0.29, 0.717) is 46.6 Å². The van der Waals surface area contributed by atoms with Crippen molar-refractivity contribution in [2.75, 3.05) is 26.3 Å². The molecule has 2 fully saturated rings. The van der Waals surface area contributed by atoms with Crippen molar-refractivity contribution in [1.29, 1.82) is 0 Å². The van der Waals surface area contributed by atoms with Gasteiger partial charge in [0.15, 0.2) is 10.3 Å². The molecule has 8 nitrogen and oxygen atoms in total. The third kappa shape index (κ3) is 7.30. The van der Waals surface area contributed by atoms with Crippen molar-refractivity contribution in [3.63, 3.8) is 0 Å². The second-order valence-electron chi connectivity index (χ2n) is 7.70. The summed E-state index contributed by atoms with van der Waals surface area (Å²) >= 11 is 6.52. The van der Waals surface area contributed by atoms with E-state index in [4.69, 9.17) is 21.7 Å². The average molecular weight is 543 g/mol. The van der Waals surface area contributed by atoms with Gasteiger partial charge in [-0.05, 0) is 37.1 Å². The van der Waals surface area contributed by atoms with E-state index in [9.17, 15) is 17.8 Å². The Bertz CT molecular complexity index is 1190. The molecule has 1 atom stereocenters. The molecule has 12 heteroatoms. The van der Waals surface area contributed by atoms with Crippen molar-refractivity contribution in [1.82, 2.24) is 9.21 Å². The van der Waals surface area contributed by atoms with Gasteiger partial charge in [0.05, 0.1) is 4.91 Å². The molecule has 2 aliphatic rings. The van der Waals surface area contributed by atoms with Crippen LogP contribution in [0.2, 0.25) is 0 Å². The molecule has 1 unspecified atom stereocenters. The van der Waals surface area contributed by atoms with Gasteiger partial charge in [0, 0.05) is 24.7 Å². The Morgan fingerprint density at radius 3 is 2.51 bits per heavy atom. The molecule has 2 aromatic carbocycles. The Morgan fingerprint density at radius 2 is 1.77 bits per heavy atom. The van der Waals surface area contributed by atoms with E-state index in [1.54, 1.807) is 6.08 Å².